The fourth-order valence-electron chi connectivity index (χ4n) is 3.77. The molecule has 0 spiro atoms. The zero-order valence-electron chi connectivity index (χ0n) is 11.8. The molecule has 94 valence electrons. The van der Waals surface area contributed by atoms with Crippen LogP contribution >= 0.6 is 0 Å². The van der Waals surface area contributed by atoms with Gasteiger partial charge in [-0.1, -0.05) is 40.5 Å². The number of rotatable bonds is 4. The molecule has 2 rings (SSSR count). The Bertz CT molecular complexity index is 234. The zero-order valence-corrected chi connectivity index (χ0v) is 11.8. The molecule has 0 radical (unpaired) electrons. The van der Waals surface area contributed by atoms with Crippen molar-refractivity contribution < 1.29 is 0 Å². The van der Waals surface area contributed by atoms with Gasteiger partial charge in [-0.25, -0.2) is 0 Å². The Morgan fingerprint density at radius 2 is 1.56 bits per heavy atom. The van der Waals surface area contributed by atoms with E-state index in [2.05, 4.69) is 39.9 Å². The van der Waals surface area contributed by atoms with Crippen molar-refractivity contribution in [1.82, 2.24) is 5.32 Å². The molecule has 0 amide bonds. The molecule has 2 aliphatic rings. The van der Waals surface area contributed by atoms with Crippen LogP contribution in [0.3, 0.4) is 0 Å². The molecular formula is C15H29N. The largest absolute Gasteiger partial charge is 0.314 e. The molecular weight excluding hydrogens is 194 g/mol. The molecule has 0 aromatic rings. The molecule has 0 aromatic heterocycles. The van der Waals surface area contributed by atoms with Gasteiger partial charge < -0.3 is 5.32 Å². The minimum atomic E-state index is 0.537. The van der Waals surface area contributed by atoms with Crippen molar-refractivity contribution in [2.75, 3.05) is 6.54 Å². The highest BCUT2D eigenvalue weighted by molar-refractivity contribution is 5.13. The van der Waals surface area contributed by atoms with Crippen molar-refractivity contribution in [3.05, 3.63) is 0 Å². The monoisotopic (exact) mass is 223 g/mol. The minimum Gasteiger partial charge on any atom is -0.314 e. The van der Waals surface area contributed by atoms with Crippen LogP contribution in [0.25, 0.3) is 0 Å². The second-order valence-corrected chi connectivity index (χ2v) is 7.24. The van der Waals surface area contributed by atoms with Crippen molar-refractivity contribution in [2.45, 2.75) is 66.3 Å². The van der Waals surface area contributed by atoms with Crippen LogP contribution in [0.5, 0.6) is 0 Å². The van der Waals surface area contributed by atoms with Gasteiger partial charge in [-0.05, 0) is 49.0 Å². The lowest BCUT2D eigenvalue weighted by atomic mass is 9.99. The molecule has 2 saturated carbocycles. The fourth-order valence-corrected chi connectivity index (χ4v) is 3.77. The second kappa shape index (κ2) is 4.01. The third kappa shape index (κ3) is 1.92. The Labute approximate surface area is 101 Å². The summed E-state index contributed by atoms with van der Waals surface area (Å²) in [6.45, 7) is 13.3. The normalized spacial score (nSPS) is 30.6. The van der Waals surface area contributed by atoms with Crippen molar-refractivity contribution in [3.8, 4) is 0 Å². The van der Waals surface area contributed by atoms with Gasteiger partial charge in [0.1, 0.15) is 0 Å². The van der Waals surface area contributed by atoms with Crippen LogP contribution in [-0.2, 0) is 0 Å². The van der Waals surface area contributed by atoms with Gasteiger partial charge in [0.25, 0.3) is 0 Å². The molecule has 1 nitrogen and oxygen atoms in total. The van der Waals surface area contributed by atoms with Crippen LogP contribution in [0, 0.1) is 22.7 Å². The number of hydrogen-bond acceptors (Lipinski definition) is 1. The summed E-state index contributed by atoms with van der Waals surface area (Å²) < 4.78 is 0. The predicted octanol–water partition coefficient (Wildman–Crippen LogP) is 3.84. The highest BCUT2D eigenvalue weighted by Gasteiger charge is 2.63. The van der Waals surface area contributed by atoms with E-state index in [1.54, 1.807) is 0 Å². The average molecular weight is 223 g/mol. The first kappa shape index (κ1) is 12.4. The van der Waals surface area contributed by atoms with Gasteiger partial charge in [-0.2, -0.15) is 0 Å². The van der Waals surface area contributed by atoms with Crippen LogP contribution in [0.15, 0.2) is 0 Å². The van der Waals surface area contributed by atoms with E-state index in [0.717, 1.165) is 17.9 Å². The Morgan fingerprint density at radius 3 is 2.00 bits per heavy atom. The van der Waals surface area contributed by atoms with Gasteiger partial charge in [-0.3, -0.25) is 0 Å². The molecule has 0 saturated heterocycles. The summed E-state index contributed by atoms with van der Waals surface area (Å²) in [5.74, 6) is 1.81. The minimum absolute atomic E-state index is 0.537. The van der Waals surface area contributed by atoms with Crippen molar-refractivity contribution in [3.63, 3.8) is 0 Å². The van der Waals surface area contributed by atoms with Gasteiger partial charge in [0.15, 0.2) is 0 Å². The van der Waals surface area contributed by atoms with E-state index >= 15 is 0 Å². The quantitative estimate of drug-likeness (QED) is 0.763. The molecule has 1 unspecified atom stereocenters. The highest BCUT2D eigenvalue weighted by atomic mass is 14.9. The molecule has 1 heteroatoms. The van der Waals surface area contributed by atoms with Crippen molar-refractivity contribution in [1.29, 1.82) is 0 Å². The molecule has 2 aliphatic carbocycles. The van der Waals surface area contributed by atoms with Crippen LogP contribution in [-0.4, -0.2) is 12.6 Å². The van der Waals surface area contributed by atoms with E-state index in [9.17, 15) is 0 Å². The summed E-state index contributed by atoms with van der Waals surface area (Å²) in [7, 11) is 0. The smallest absolute Gasteiger partial charge is 0.00671 e. The van der Waals surface area contributed by atoms with Gasteiger partial charge in [-0.15, -0.1) is 0 Å². The number of nitrogens with one attached hydrogen (secondary N) is 1. The average Bonchev–Trinajstić information content (AvgIpc) is 2.66. The summed E-state index contributed by atoms with van der Waals surface area (Å²) in [5, 5.41) is 3.80. The van der Waals surface area contributed by atoms with Crippen LogP contribution in [0.1, 0.15) is 60.3 Å². The summed E-state index contributed by atoms with van der Waals surface area (Å²) in [5.41, 5.74) is 1.07. The molecule has 0 heterocycles. The standard InChI is InChI=1S/C15H29N/c1-11(12-8-6-7-9-12)16-10-13-14(2,3)15(13,4)5/h11-13,16H,6-10H2,1-5H3. The maximum Gasteiger partial charge on any atom is 0.00671 e. The lowest BCUT2D eigenvalue weighted by molar-refractivity contribution is 0.364. The Kier molecular flexibility index (Phi) is 3.11. The van der Waals surface area contributed by atoms with E-state index in [0.29, 0.717) is 10.8 Å². The van der Waals surface area contributed by atoms with Gasteiger partial charge in [0.05, 0.1) is 0 Å². The molecule has 0 aromatic carbocycles. The third-order valence-electron chi connectivity index (χ3n) is 6.07. The molecule has 0 bridgehead atoms. The Hall–Kier alpha value is -0.0400. The molecule has 0 aliphatic heterocycles. The van der Waals surface area contributed by atoms with Gasteiger partial charge in [0, 0.05) is 6.04 Å². The zero-order chi connectivity index (χ0) is 12.0. The van der Waals surface area contributed by atoms with Crippen LogP contribution in [0.4, 0.5) is 0 Å². The van der Waals surface area contributed by atoms with E-state index in [1.165, 1.54) is 32.2 Å². The Morgan fingerprint density at radius 1 is 1.06 bits per heavy atom. The summed E-state index contributed by atoms with van der Waals surface area (Å²) in [6.07, 6.45) is 5.81. The summed E-state index contributed by atoms with van der Waals surface area (Å²) >= 11 is 0. The predicted molar refractivity (Wildman–Crippen MR) is 70.5 cm³/mol. The molecule has 16 heavy (non-hydrogen) atoms. The van der Waals surface area contributed by atoms with Gasteiger partial charge >= 0.3 is 0 Å². The van der Waals surface area contributed by atoms with Crippen LogP contribution < -0.4 is 5.32 Å². The molecule has 1 N–H and O–H groups in total. The number of hydrogen-bond donors (Lipinski definition) is 1. The lowest BCUT2D eigenvalue weighted by Crippen LogP contribution is -2.34. The highest BCUT2D eigenvalue weighted by Crippen LogP contribution is 2.67. The van der Waals surface area contributed by atoms with Crippen molar-refractivity contribution in [2.24, 2.45) is 22.7 Å². The van der Waals surface area contributed by atoms with Crippen molar-refractivity contribution >= 4 is 0 Å². The first-order chi connectivity index (χ1) is 7.37. The van der Waals surface area contributed by atoms with E-state index in [4.69, 9.17) is 0 Å². The second-order valence-electron chi connectivity index (χ2n) is 7.24. The maximum absolute atomic E-state index is 3.80. The van der Waals surface area contributed by atoms with E-state index < -0.39 is 0 Å². The summed E-state index contributed by atoms with van der Waals surface area (Å²) in [6, 6.07) is 0.731. The topological polar surface area (TPSA) is 12.0 Å². The Balaban J connectivity index is 1.76. The summed E-state index contributed by atoms with van der Waals surface area (Å²) in [4.78, 5) is 0. The first-order valence-electron chi connectivity index (χ1n) is 7.11. The third-order valence-corrected chi connectivity index (χ3v) is 6.07. The fraction of sp³-hybridized carbons (Fsp3) is 1.00. The maximum atomic E-state index is 3.80. The molecule has 1 atom stereocenters. The van der Waals surface area contributed by atoms with E-state index in [1.807, 2.05) is 0 Å². The molecule has 2 fully saturated rings. The first-order valence-corrected chi connectivity index (χ1v) is 7.11. The van der Waals surface area contributed by atoms with Crippen LogP contribution in [0.2, 0.25) is 0 Å². The lowest BCUT2D eigenvalue weighted by Gasteiger charge is -2.21. The SMILES string of the molecule is CC(NCC1C(C)(C)C1(C)C)C1CCCC1. The van der Waals surface area contributed by atoms with Gasteiger partial charge in [0.2, 0.25) is 0 Å². The van der Waals surface area contributed by atoms with E-state index in [-0.39, 0.29) is 0 Å².